The van der Waals surface area contributed by atoms with E-state index in [-0.39, 0.29) is 18.2 Å². The lowest BCUT2D eigenvalue weighted by Crippen LogP contribution is -2.55. The summed E-state index contributed by atoms with van der Waals surface area (Å²) in [6.07, 6.45) is 3.92. The molecule has 0 aliphatic carbocycles. The molecule has 0 saturated carbocycles. The van der Waals surface area contributed by atoms with Gasteiger partial charge < -0.3 is 20.3 Å². The number of hydroxylamine groups is 1. The molecule has 4 N–H and O–H groups in total. The second-order valence-electron chi connectivity index (χ2n) is 10.4. The predicted octanol–water partition coefficient (Wildman–Crippen LogP) is 3.14. The molecule has 1 aliphatic heterocycles. The van der Waals surface area contributed by atoms with Crippen molar-refractivity contribution in [2.24, 2.45) is 11.3 Å². The number of likely N-dealkylation sites (tertiary alicyclic amines) is 1. The standard InChI is InChI=1S/C26H41ClN4O5/c1-26(2,3)23(25(34)28-13-16-31-14-5-6-15-31)29-24(33)19(18-22(32)30-35)8-4-7-17-36-21-11-9-20(27)10-12-21/h9-12,19,23,35H,4-8,13-18H2,1-3H3,(H,28,34)(H,29,33)(H,30,32)/t19-,23-/m1/s1. The van der Waals surface area contributed by atoms with E-state index in [1.807, 2.05) is 20.8 Å². The second-order valence-corrected chi connectivity index (χ2v) is 10.8. The van der Waals surface area contributed by atoms with Crippen LogP contribution in [0, 0.1) is 11.3 Å². The summed E-state index contributed by atoms with van der Waals surface area (Å²) in [4.78, 5) is 40.3. The van der Waals surface area contributed by atoms with Crippen LogP contribution in [0.4, 0.5) is 0 Å². The molecule has 0 radical (unpaired) electrons. The van der Waals surface area contributed by atoms with Gasteiger partial charge in [0.05, 0.1) is 6.61 Å². The molecule has 9 nitrogen and oxygen atoms in total. The van der Waals surface area contributed by atoms with Crippen molar-refractivity contribution in [2.45, 2.75) is 65.3 Å². The lowest BCUT2D eigenvalue weighted by molar-refractivity contribution is -0.137. The molecule has 1 aromatic rings. The summed E-state index contributed by atoms with van der Waals surface area (Å²) < 4.78 is 5.69. The van der Waals surface area contributed by atoms with Crippen LogP contribution in [0.2, 0.25) is 5.02 Å². The van der Waals surface area contributed by atoms with Crippen LogP contribution in [0.5, 0.6) is 5.75 Å². The summed E-state index contributed by atoms with van der Waals surface area (Å²) in [5, 5.41) is 15.4. The van der Waals surface area contributed by atoms with Crippen molar-refractivity contribution in [2.75, 3.05) is 32.8 Å². The van der Waals surface area contributed by atoms with Crippen LogP contribution in [0.25, 0.3) is 0 Å². The van der Waals surface area contributed by atoms with Crippen LogP contribution in [0.3, 0.4) is 0 Å². The molecular formula is C26H41ClN4O5. The van der Waals surface area contributed by atoms with Crippen molar-refractivity contribution in [1.29, 1.82) is 0 Å². The quantitative estimate of drug-likeness (QED) is 0.169. The van der Waals surface area contributed by atoms with Crippen molar-refractivity contribution < 1.29 is 24.3 Å². The van der Waals surface area contributed by atoms with Gasteiger partial charge in [0.15, 0.2) is 0 Å². The zero-order chi connectivity index (χ0) is 26.6. The van der Waals surface area contributed by atoms with E-state index in [9.17, 15) is 14.4 Å². The highest BCUT2D eigenvalue weighted by Gasteiger charge is 2.34. The topological polar surface area (TPSA) is 120 Å². The smallest absolute Gasteiger partial charge is 0.244 e. The molecule has 202 valence electrons. The fourth-order valence-electron chi connectivity index (χ4n) is 4.19. The number of hydrogen-bond acceptors (Lipinski definition) is 6. The van der Waals surface area contributed by atoms with Gasteiger partial charge >= 0.3 is 0 Å². The number of benzene rings is 1. The van der Waals surface area contributed by atoms with Crippen molar-refractivity contribution in [3.05, 3.63) is 29.3 Å². The van der Waals surface area contributed by atoms with E-state index >= 15 is 0 Å². The zero-order valence-electron chi connectivity index (χ0n) is 21.6. The van der Waals surface area contributed by atoms with Gasteiger partial charge in [-0.2, -0.15) is 0 Å². The summed E-state index contributed by atoms with van der Waals surface area (Å²) >= 11 is 5.88. The van der Waals surface area contributed by atoms with Gasteiger partial charge in [0.2, 0.25) is 17.7 Å². The summed E-state index contributed by atoms with van der Waals surface area (Å²) in [7, 11) is 0. The molecule has 3 amide bonds. The van der Waals surface area contributed by atoms with Gasteiger partial charge in [0.25, 0.3) is 0 Å². The average Bonchev–Trinajstić information content (AvgIpc) is 3.35. The molecular weight excluding hydrogens is 484 g/mol. The number of rotatable bonds is 14. The van der Waals surface area contributed by atoms with E-state index < -0.39 is 23.3 Å². The number of amides is 3. The Balaban J connectivity index is 1.88. The first-order valence-corrected chi connectivity index (χ1v) is 13.1. The lowest BCUT2D eigenvalue weighted by atomic mass is 9.85. The van der Waals surface area contributed by atoms with Crippen LogP contribution in [-0.4, -0.2) is 66.7 Å². The molecule has 1 aromatic carbocycles. The molecule has 36 heavy (non-hydrogen) atoms. The number of hydrogen-bond donors (Lipinski definition) is 4. The first-order chi connectivity index (χ1) is 17.1. The minimum Gasteiger partial charge on any atom is -0.494 e. The first-order valence-electron chi connectivity index (χ1n) is 12.7. The number of carbonyl (C=O) groups excluding carboxylic acids is 3. The number of nitrogens with one attached hydrogen (secondary N) is 3. The van der Waals surface area contributed by atoms with Crippen molar-refractivity contribution >= 4 is 29.3 Å². The van der Waals surface area contributed by atoms with Gasteiger partial charge in [-0.25, -0.2) is 5.48 Å². The Morgan fingerprint density at radius 2 is 1.75 bits per heavy atom. The number of ether oxygens (including phenoxy) is 1. The maximum Gasteiger partial charge on any atom is 0.244 e. The number of halogens is 1. The minimum absolute atomic E-state index is 0.173. The molecule has 0 bridgehead atoms. The van der Waals surface area contributed by atoms with E-state index in [1.165, 1.54) is 12.8 Å². The molecule has 0 unspecified atom stereocenters. The Morgan fingerprint density at radius 3 is 2.36 bits per heavy atom. The van der Waals surface area contributed by atoms with Gasteiger partial charge in [-0.05, 0) is 74.9 Å². The predicted molar refractivity (Wildman–Crippen MR) is 139 cm³/mol. The second kappa shape index (κ2) is 15.0. The molecule has 1 saturated heterocycles. The van der Waals surface area contributed by atoms with Crippen molar-refractivity contribution in [3.63, 3.8) is 0 Å². The number of carbonyl (C=O) groups is 3. The average molecular weight is 525 g/mol. The van der Waals surface area contributed by atoms with Crippen LogP contribution >= 0.6 is 11.6 Å². The fraction of sp³-hybridized carbons (Fsp3) is 0.654. The molecule has 2 atom stereocenters. The van der Waals surface area contributed by atoms with Crippen molar-refractivity contribution in [3.8, 4) is 5.75 Å². The van der Waals surface area contributed by atoms with E-state index in [0.717, 1.165) is 19.6 Å². The maximum atomic E-state index is 13.2. The number of unbranched alkanes of at least 4 members (excludes halogenated alkanes) is 1. The maximum absolute atomic E-state index is 13.2. The van der Waals surface area contributed by atoms with E-state index in [1.54, 1.807) is 29.7 Å². The third-order valence-electron chi connectivity index (χ3n) is 6.30. The summed E-state index contributed by atoms with van der Waals surface area (Å²) in [6, 6.07) is 6.31. The summed E-state index contributed by atoms with van der Waals surface area (Å²) in [5.41, 5.74) is 1.08. The fourth-order valence-corrected chi connectivity index (χ4v) is 4.32. The van der Waals surface area contributed by atoms with Gasteiger partial charge in [0.1, 0.15) is 11.8 Å². The molecule has 0 spiro atoms. The van der Waals surface area contributed by atoms with E-state index in [4.69, 9.17) is 21.5 Å². The highest BCUT2D eigenvalue weighted by molar-refractivity contribution is 6.30. The molecule has 10 heteroatoms. The van der Waals surface area contributed by atoms with Crippen LogP contribution < -0.4 is 20.9 Å². The molecule has 0 aromatic heterocycles. The molecule has 1 aliphatic rings. The lowest BCUT2D eigenvalue weighted by Gasteiger charge is -2.32. The van der Waals surface area contributed by atoms with Crippen LogP contribution in [0.15, 0.2) is 24.3 Å². The van der Waals surface area contributed by atoms with Gasteiger partial charge in [-0.3, -0.25) is 19.6 Å². The summed E-state index contributed by atoms with van der Waals surface area (Å²) in [5.74, 6) is -1.24. The highest BCUT2D eigenvalue weighted by Crippen LogP contribution is 2.22. The van der Waals surface area contributed by atoms with Crippen LogP contribution in [-0.2, 0) is 14.4 Å². The Morgan fingerprint density at radius 1 is 1.08 bits per heavy atom. The monoisotopic (exact) mass is 524 g/mol. The normalized spacial score (nSPS) is 15.7. The number of nitrogens with zero attached hydrogens (tertiary/aromatic N) is 1. The Bertz CT molecular complexity index is 838. The van der Waals surface area contributed by atoms with Gasteiger partial charge in [-0.1, -0.05) is 32.4 Å². The van der Waals surface area contributed by atoms with E-state index in [0.29, 0.717) is 43.2 Å². The Labute approximate surface area is 219 Å². The van der Waals surface area contributed by atoms with Gasteiger partial charge in [0, 0.05) is 30.5 Å². The third-order valence-corrected chi connectivity index (χ3v) is 6.55. The molecule has 1 heterocycles. The van der Waals surface area contributed by atoms with Gasteiger partial charge in [-0.15, -0.1) is 0 Å². The molecule has 2 rings (SSSR count). The Hall–Kier alpha value is -2.36. The van der Waals surface area contributed by atoms with Crippen LogP contribution in [0.1, 0.15) is 59.3 Å². The van der Waals surface area contributed by atoms with Crippen molar-refractivity contribution in [1.82, 2.24) is 21.0 Å². The Kier molecular flexibility index (Phi) is 12.5. The highest BCUT2D eigenvalue weighted by atomic mass is 35.5. The molecule has 1 fully saturated rings. The van der Waals surface area contributed by atoms with E-state index in [2.05, 4.69) is 15.5 Å². The minimum atomic E-state index is -0.753. The first kappa shape index (κ1) is 29.9. The largest absolute Gasteiger partial charge is 0.494 e. The zero-order valence-corrected chi connectivity index (χ0v) is 22.4. The SMILES string of the molecule is CC(C)(C)[C@H](NC(=O)[C@H](CCCCOc1ccc(Cl)cc1)CC(=O)NO)C(=O)NCCN1CCCC1. The third kappa shape index (κ3) is 10.7. The summed E-state index contributed by atoms with van der Waals surface area (Å²) in [6.45, 7) is 9.53.